The predicted molar refractivity (Wildman–Crippen MR) is 49.6 cm³/mol. The van der Waals surface area contributed by atoms with Crippen molar-refractivity contribution in [3.05, 3.63) is 0 Å². The molecule has 0 amide bonds. The molecule has 0 rings (SSSR count). The van der Waals surface area contributed by atoms with E-state index in [0.717, 1.165) is 0 Å². The lowest BCUT2D eigenvalue weighted by Crippen LogP contribution is -2.66. The topological polar surface area (TPSA) is 38.7 Å². The molecule has 0 radical (unpaired) electrons. The lowest BCUT2D eigenvalue weighted by atomic mass is 10.2. The van der Waals surface area contributed by atoms with Gasteiger partial charge in [0.1, 0.15) is 6.61 Å². The summed E-state index contributed by atoms with van der Waals surface area (Å²) < 4.78 is 181. The first-order valence-electron chi connectivity index (χ1n) is 5.63. The van der Waals surface area contributed by atoms with Gasteiger partial charge in [0.2, 0.25) is 0 Å². The number of halogens is 14. The zero-order valence-electron chi connectivity index (χ0n) is 11.8. The summed E-state index contributed by atoms with van der Waals surface area (Å²) in [6.45, 7) is -4.09. The molecular formula is C9H6F14O3. The Morgan fingerprint density at radius 3 is 1.23 bits per heavy atom. The van der Waals surface area contributed by atoms with Gasteiger partial charge in [0.05, 0.1) is 0 Å². The SMILES string of the molecule is CC(F)(F)C(F)(F)OC(F)(C(F)(F)F)C(F)(F)OC(F)(CO)C(F)(F)F. The Balaban J connectivity index is 6.25. The van der Waals surface area contributed by atoms with Crippen molar-refractivity contribution in [1.82, 2.24) is 0 Å². The van der Waals surface area contributed by atoms with E-state index in [1.807, 2.05) is 4.74 Å². The van der Waals surface area contributed by atoms with Gasteiger partial charge in [0.25, 0.3) is 0 Å². The molecule has 0 saturated heterocycles. The van der Waals surface area contributed by atoms with Gasteiger partial charge in [-0.3, -0.25) is 9.47 Å². The van der Waals surface area contributed by atoms with E-state index in [1.165, 1.54) is 0 Å². The van der Waals surface area contributed by atoms with Gasteiger partial charge in [-0.2, -0.15) is 61.5 Å². The normalized spacial score (nSPS) is 19.8. The maximum absolute atomic E-state index is 13.5. The summed E-state index contributed by atoms with van der Waals surface area (Å²) >= 11 is 0. The molecule has 158 valence electrons. The van der Waals surface area contributed by atoms with Crippen LogP contribution in [0.15, 0.2) is 0 Å². The van der Waals surface area contributed by atoms with E-state index in [-0.39, 0.29) is 0 Å². The molecule has 0 aromatic rings. The Bertz CT molecular complexity index is 493. The fourth-order valence-electron chi connectivity index (χ4n) is 0.997. The van der Waals surface area contributed by atoms with Crippen molar-refractivity contribution in [3.63, 3.8) is 0 Å². The highest BCUT2D eigenvalue weighted by Gasteiger charge is 2.81. The molecule has 0 aromatic heterocycles. The average Bonchev–Trinajstić information content (AvgIpc) is 2.33. The number of rotatable bonds is 7. The monoisotopic (exact) mass is 428 g/mol. The van der Waals surface area contributed by atoms with E-state index >= 15 is 0 Å². The first-order chi connectivity index (χ1) is 11.0. The number of hydrogen-bond acceptors (Lipinski definition) is 3. The molecule has 0 bridgehead atoms. The lowest BCUT2D eigenvalue weighted by Gasteiger charge is -2.39. The molecule has 2 atom stereocenters. The summed E-state index contributed by atoms with van der Waals surface area (Å²) in [4.78, 5) is 0. The van der Waals surface area contributed by atoms with Crippen molar-refractivity contribution in [2.24, 2.45) is 0 Å². The highest BCUT2D eigenvalue weighted by atomic mass is 19.4. The molecule has 2 unspecified atom stereocenters. The van der Waals surface area contributed by atoms with Crippen LogP contribution in [0.3, 0.4) is 0 Å². The third-order valence-corrected chi connectivity index (χ3v) is 2.44. The van der Waals surface area contributed by atoms with E-state index < -0.39 is 55.7 Å². The molecule has 26 heavy (non-hydrogen) atoms. The number of aliphatic hydroxyl groups excluding tert-OH is 1. The van der Waals surface area contributed by atoms with Crippen molar-refractivity contribution in [2.45, 2.75) is 49.1 Å². The maximum atomic E-state index is 13.5. The quantitative estimate of drug-likeness (QED) is 0.615. The number of hydrogen-bond donors (Lipinski definition) is 1. The lowest BCUT2D eigenvalue weighted by molar-refractivity contribution is -0.542. The Morgan fingerprint density at radius 1 is 0.615 bits per heavy atom. The van der Waals surface area contributed by atoms with Gasteiger partial charge in [-0.25, -0.2) is 0 Å². The molecule has 0 heterocycles. The number of aliphatic hydroxyl groups is 1. The van der Waals surface area contributed by atoms with Gasteiger partial charge in [-0.1, -0.05) is 0 Å². The van der Waals surface area contributed by atoms with E-state index in [2.05, 4.69) is 0 Å². The van der Waals surface area contributed by atoms with E-state index in [0.29, 0.717) is 0 Å². The van der Waals surface area contributed by atoms with Crippen molar-refractivity contribution in [3.8, 4) is 0 Å². The van der Waals surface area contributed by atoms with Crippen LogP contribution in [-0.2, 0) is 9.47 Å². The predicted octanol–water partition coefficient (Wildman–Crippen LogP) is 4.31. The minimum absolute atomic E-state index is 0.911. The summed E-state index contributed by atoms with van der Waals surface area (Å²) in [7, 11) is 0. The van der Waals surface area contributed by atoms with E-state index in [9.17, 15) is 61.5 Å². The summed E-state index contributed by atoms with van der Waals surface area (Å²) in [5.74, 6) is -19.2. The second-order valence-corrected chi connectivity index (χ2v) is 4.60. The highest BCUT2D eigenvalue weighted by molar-refractivity contribution is 4.92. The Hall–Kier alpha value is -1.10. The molecular weight excluding hydrogens is 422 g/mol. The molecule has 0 aliphatic heterocycles. The summed E-state index contributed by atoms with van der Waals surface area (Å²) in [5, 5.41) is 8.05. The van der Waals surface area contributed by atoms with Crippen LogP contribution < -0.4 is 0 Å². The van der Waals surface area contributed by atoms with Gasteiger partial charge in [-0.05, 0) is 0 Å². The zero-order valence-corrected chi connectivity index (χ0v) is 11.8. The van der Waals surface area contributed by atoms with Gasteiger partial charge in [0.15, 0.2) is 0 Å². The summed E-state index contributed by atoms with van der Waals surface area (Å²) in [5.41, 5.74) is 0. The van der Waals surface area contributed by atoms with Crippen molar-refractivity contribution < 1.29 is 76.0 Å². The molecule has 0 fully saturated rings. The van der Waals surface area contributed by atoms with Crippen molar-refractivity contribution >= 4 is 0 Å². The molecule has 0 aliphatic carbocycles. The summed E-state index contributed by atoms with van der Waals surface area (Å²) in [6, 6.07) is 0. The number of ether oxygens (including phenoxy) is 2. The van der Waals surface area contributed by atoms with Crippen LogP contribution >= 0.6 is 0 Å². The van der Waals surface area contributed by atoms with Crippen molar-refractivity contribution in [2.75, 3.05) is 6.61 Å². The van der Waals surface area contributed by atoms with Gasteiger partial charge >= 0.3 is 42.2 Å². The van der Waals surface area contributed by atoms with E-state index in [1.54, 1.807) is 4.74 Å². The van der Waals surface area contributed by atoms with Gasteiger partial charge < -0.3 is 5.11 Å². The van der Waals surface area contributed by atoms with Crippen LogP contribution in [0.5, 0.6) is 0 Å². The molecule has 0 aliphatic rings. The molecule has 3 nitrogen and oxygen atoms in total. The minimum Gasteiger partial charge on any atom is -0.390 e. The smallest absolute Gasteiger partial charge is 0.390 e. The molecule has 17 heteroatoms. The minimum atomic E-state index is -7.44. The van der Waals surface area contributed by atoms with Crippen LogP contribution in [0.25, 0.3) is 0 Å². The van der Waals surface area contributed by atoms with E-state index in [4.69, 9.17) is 5.11 Å². The fourth-order valence-corrected chi connectivity index (χ4v) is 0.997. The number of alkyl halides is 14. The molecule has 0 saturated carbocycles. The summed E-state index contributed by atoms with van der Waals surface area (Å²) in [6.07, 6.45) is -28.2. The molecule has 0 spiro atoms. The average molecular weight is 428 g/mol. The fraction of sp³-hybridized carbons (Fsp3) is 1.00. The first-order valence-corrected chi connectivity index (χ1v) is 5.63. The zero-order chi connectivity index (χ0) is 21.6. The van der Waals surface area contributed by atoms with Gasteiger partial charge in [-0.15, -0.1) is 0 Å². The third-order valence-electron chi connectivity index (χ3n) is 2.44. The third kappa shape index (κ3) is 4.41. The Labute approximate surface area is 133 Å². The molecule has 0 aromatic carbocycles. The maximum Gasteiger partial charge on any atom is 0.458 e. The van der Waals surface area contributed by atoms with Gasteiger partial charge in [0, 0.05) is 6.92 Å². The largest absolute Gasteiger partial charge is 0.458 e. The second-order valence-electron chi connectivity index (χ2n) is 4.60. The molecule has 1 N–H and O–H groups in total. The van der Waals surface area contributed by atoms with Crippen molar-refractivity contribution in [1.29, 1.82) is 0 Å². The van der Waals surface area contributed by atoms with Crippen LogP contribution in [0.4, 0.5) is 61.5 Å². The van der Waals surface area contributed by atoms with Crippen LogP contribution in [0.1, 0.15) is 6.92 Å². The Kier molecular flexibility index (Phi) is 6.23. The van der Waals surface area contributed by atoms with Crippen LogP contribution in [-0.4, -0.2) is 53.9 Å². The van der Waals surface area contributed by atoms with Crippen LogP contribution in [0, 0.1) is 0 Å². The highest BCUT2D eigenvalue weighted by Crippen LogP contribution is 2.54. The van der Waals surface area contributed by atoms with Crippen LogP contribution in [0.2, 0.25) is 0 Å². The Morgan fingerprint density at radius 2 is 1.00 bits per heavy atom. The second kappa shape index (κ2) is 6.50. The standard InChI is InChI=1S/C9H6F14O3/c1-3(10,11)8(20,21)26-5(13,7(17,18)19)9(22,23)25-4(12,2-24)6(14,15)16/h24H,2H2,1H3. The first kappa shape index (κ1) is 24.9.